The summed E-state index contributed by atoms with van der Waals surface area (Å²) >= 11 is 0. The molecule has 1 aromatic rings. The summed E-state index contributed by atoms with van der Waals surface area (Å²) in [6, 6.07) is 4.33. The number of aryl methyl sites for hydroxylation is 1. The van der Waals surface area contributed by atoms with Crippen LogP contribution in [0.5, 0.6) is 11.5 Å². The van der Waals surface area contributed by atoms with Crippen molar-refractivity contribution < 1.29 is 28.9 Å². The van der Waals surface area contributed by atoms with E-state index in [0.29, 0.717) is 17.9 Å². The summed E-state index contributed by atoms with van der Waals surface area (Å²) in [4.78, 5) is 23.1. The highest BCUT2D eigenvalue weighted by Crippen LogP contribution is 2.28. The smallest absolute Gasteiger partial charge is 0.408 e. The van der Waals surface area contributed by atoms with Crippen molar-refractivity contribution in [1.29, 1.82) is 0 Å². The van der Waals surface area contributed by atoms with Gasteiger partial charge in [0.05, 0.1) is 14.2 Å². The number of alkyl carbamates (subject to hydrolysis) is 1. The average molecular weight is 339 g/mol. The second-order valence-corrected chi connectivity index (χ2v) is 6.27. The molecule has 0 aliphatic rings. The van der Waals surface area contributed by atoms with E-state index in [0.717, 1.165) is 5.56 Å². The quantitative estimate of drug-likeness (QED) is 0.793. The molecule has 0 heterocycles. The molecule has 0 aliphatic heterocycles. The number of hydrogen-bond donors (Lipinski definition) is 2. The van der Waals surface area contributed by atoms with Crippen LogP contribution >= 0.6 is 0 Å². The van der Waals surface area contributed by atoms with Crippen LogP contribution in [0.15, 0.2) is 18.2 Å². The van der Waals surface area contributed by atoms with Gasteiger partial charge in [-0.2, -0.15) is 0 Å². The van der Waals surface area contributed by atoms with E-state index in [4.69, 9.17) is 14.2 Å². The first kappa shape index (κ1) is 19.6. The van der Waals surface area contributed by atoms with Crippen LogP contribution in [0.3, 0.4) is 0 Å². The van der Waals surface area contributed by atoms with Gasteiger partial charge in [-0.25, -0.2) is 9.59 Å². The van der Waals surface area contributed by atoms with Crippen molar-refractivity contribution in [3.05, 3.63) is 23.8 Å². The molecule has 1 unspecified atom stereocenters. The van der Waals surface area contributed by atoms with Gasteiger partial charge in [0.25, 0.3) is 0 Å². The second-order valence-electron chi connectivity index (χ2n) is 6.27. The first-order valence-corrected chi connectivity index (χ1v) is 7.59. The van der Waals surface area contributed by atoms with Crippen LogP contribution in [0, 0.1) is 0 Å². The van der Waals surface area contributed by atoms with Crippen LogP contribution in [-0.4, -0.2) is 43.0 Å². The Morgan fingerprint density at radius 3 is 2.29 bits per heavy atom. The van der Waals surface area contributed by atoms with Crippen LogP contribution in [0.25, 0.3) is 0 Å². The first-order chi connectivity index (χ1) is 11.2. The lowest BCUT2D eigenvalue weighted by Gasteiger charge is -2.22. The van der Waals surface area contributed by atoms with Crippen molar-refractivity contribution in [3.63, 3.8) is 0 Å². The fraction of sp³-hybridized carbons (Fsp3) is 0.529. The summed E-state index contributed by atoms with van der Waals surface area (Å²) in [5.74, 6) is 0.0613. The van der Waals surface area contributed by atoms with E-state index in [-0.39, 0.29) is 6.42 Å². The molecule has 1 aromatic carbocycles. The number of hydrogen-bond acceptors (Lipinski definition) is 5. The molecule has 0 radical (unpaired) electrons. The summed E-state index contributed by atoms with van der Waals surface area (Å²) in [6.07, 6.45) is -0.0702. The van der Waals surface area contributed by atoms with Gasteiger partial charge >= 0.3 is 12.1 Å². The minimum absolute atomic E-state index is 0.226. The number of nitrogens with one attached hydrogen (secondary N) is 1. The van der Waals surface area contributed by atoms with Crippen LogP contribution in [0.4, 0.5) is 4.79 Å². The average Bonchev–Trinajstić information content (AvgIpc) is 2.48. The van der Waals surface area contributed by atoms with Crippen LogP contribution < -0.4 is 14.8 Å². The van der Waals surface area contributed by atoms with E-state index >= 15 is 0 Å². The lowest BCUT2D eigenvalue weighted by atomic mass is 10.0. The maximum absolute atomic E-state index is 11.7. The zero-order valence-electron chi connectivity index (χ0n) is 14.7. The lowest BCUT2D eigenvalue weighted by molar-refractivity contribution is -0.139. The van der Waals surface area contributed by atoms with Gasteiger partial charge in [-0.1, -0.05) is 6.07 Å². The first-order valence-electron chi connectivity index (χ1n) is 7.59. The number of ether oxygens (including phenoxy) is 3. The Bertz CT molecular complexity index is 579. The van der Waals surface area contributed by atoms with Crippen molar-refractivity contribution in [3.8, 4) is 11.5 Å². The highest BCUT2D eigenvalue weighted by molar-refractivity contribution is 5.80. The fourth-order valence-electron chi connectivity index (χ4n) is 2.05. The molecule has 1 rings (SSSR count). The normalized spacial score (nSPS) is 12.2. The van der Waals surface area contributed by atoms with E-state index in [1.165, 1.54) is 7.11 Å². The summed E-state index contributed by atoms with van der Waals surface area (Å²) in [7, 11) is 3.08. The van der Waals surface area contributed by atoms with Gasteiger partial charge in [-0.05, 0) is 51.3 Å². The van der Waals surface area contributed by atoms with Gasteiger partial charge in [0.1, 0.15) is 11.6 Å². The summed E-state index contributed by atoms with van der Waals surface area (Å²) < 4.78 is 15.5. The number of methoxy groups -OCH3 is 2. The second kappa shape index (κ2) is 8.42. The number of aliphatic carboxylic acids is 1. The summed E-state index contributed by atoms with van der Waals surface area (Å²) in [5.41, 5.74) is 0.195. The maximum atomic E-state index is 11.7. The van der Waals surface area contributed by atoms with Gasteiger partial charge in [-0.15, -0.1) is 0 Å². The van der Waals surface area contributed by atoms with Gasteiger partial charge in [0.15, 0.2) is 11.5 Å². The largest absolute Gasteiger partial charge is 0.493 e. The monoisotopic (exact) mass is 339 g/mol. The lowest BCUT2D eigenvalue weighted by Crippen LogP contribution is -2.43. The SMILES string of the molecule is COc1ccc(CCC(NC(=O)OC(C)(C)C)C(=O)O)cc1OC. The molecule has 7 nitrogen and oxygen atoms in total. The maximum Gasteiger partial charge on any atom is 0.408 e. The van der Waals surface area contributed by atoms with Gasteiger partial charge in [0, 0.05) is 0 Å². The minimum atomic E-state index is -1.11. The molecule has 7 heteroatoms. The predicted octanol–water partition coefficient (Wildman–Crippen LogP) is 2.61. The number of amides is 1. The zero-order valence-corrected chi connectivity index (χ0v) is 14.7. The molecule has 0 aromatic heterocycles. The molecule has 0 saturated heterocycles. The molecule has 0 bridgehead atoms. The zero-order chi connectivity index (χ0) is 18.3. The van der Waals surface area contributed by atoms with E-state index in [2.05, 4.69) is 5.32 Å². The molecule has 0 fully saturated rings. The van der Waals surface area contributed by atoms with Crippen molar-refractivity contribution in [2.24, 2.45) is 0 Å². The van der Waals surface area contributed by atoms with Crippen LogP contribution in [-0.2, 0) is 16.0 Å². The Hall–Kier alpha value is -2.44. The Kier molecular flexibility index (Phi) is 6.88. The number of carboxylic acid groups (broad SMARTS) is 1. The Labute approximate surface area is 141 Å². The molecule has 1 atom stereocenters. The summed E-state index contributed by atoms with van der Waals surface area (Å²) in [6.45, 7) is 5.14. The molecular weight excluding hydrogens is 314 g/mol. The predicted molar refractivity (Wildman–Crippen MR) is 88.7 cm³/mol. The topological polar surface area (TPSA) is 94.1 Å². The van der Waals surface area contributed by atoms with E-state index in [9.17, 15) is 14.7 Å². The van der Waals surface area contributed by atoms with Crippen molar-refractivity contribution >= 4 is 12.1 Å². The number of carboxylic acids is 1. The minimum Gasteiger partial charge on any atom is -0.493 e. The number of benzene rings is 1. The van der Waals surface area contributed by atoms with Crippen molar-refractivity contribution in [1.82, 2.24) is 5.32 Å². The standard InChI is InChI=1S/C17H25NO6/c1-17(2,3)24-16(21)18-12(15(19)20)8-6-11-7-9-13(22-4)14(10-11)23-5/h7,9-10,12H,6,8H2,1-5H3,(H,18,21)(H,19,20). The third-order valence-electron chi connectivity index (χ3n) is 3.16. The fourth-order valence-corrected chi connectivity index (χ4v) is 2.05. The third kappa shape index (κ3) is 6.36. The molecule has 0 saturated carbocycles. The summed E-state index contributed by atoms with van der Waals surface area (Å²) in [5, 5.41) is 11.6. The highest BCUT2D eigenvalue weighted by Gasteiger charge is 2.23. The highest BCUT2D eigenvalue weighted by atomic mass is 16.6. The Morgan fingerprint density at radius 1 is 1.17 bits per heavy atom. The van der Waals surface area contributed by atoms with Gasteiger partial charge in [0.2, 0.25) is 0 Å². The third-order valence-corrected chi connectivity index (χ3v) is 3.16. The molecule has 134 valence electrons. The molecule has 0 aliphatic carbocycles. The van der Waals surface area contributed by atoms with Gasteiger partial charge < -0.3 is 24.6 Å². The molecule has 24 heavy (non-hydrogen) atoms. The van der Waals surface area contributed by atoms with Crippen molar-refractivity contribution in [2.45, 2.75) is 45.3 Å². The van der Waals surface area contributed by atoms with E-state index < -0.39 is 23.7 Å². The Morgan fingerprint density at radius 2 is 1.79 bits per heavy atom. The molecular formula is C17H25NO6. The number of carbonyl (C=O) groups excluding carboxylic acids is 1. The van der Waals surface area contributed by atoms with Crippen molar-refractivity contribution in [2.75, 3.05) is 14.2 Å². The Balaban J connectivity index is 2.70. The van der Waals surface area contributed by atoms with Crippen LogP contribution in [0.2, 0.25) is 0 Å². The number of carbonyl (C=O) groups is 2. The van der Waals surface area contributed by atoms with Crippen LogP contribution in [0.1, 0.15) is 32.8 Å². The molecule has 1 amide bonds. The van der Waals surface area contributed by atoms with E-state index in [1.807, 2.05) is 6.07 Å². The number of rotatable bonds is 7. The van der Waals surface area contributed by atoms with E-state index in [1.54, 1.807) is 40.0 Å². The molecule has 2 N–H and O–H groups in total. The van der Waals surface area contributed by atoms with Gasteiger partial charge in [-0.3, -0.25) is 0 Å². The molecule has 0 spiro atoms.